The van der Waals surface area contributed by atoms with Crippen LogP contribution in [0.15, 0.2) is 78.9 Å². The summed E-state index contributed by atoms with van der Waals surface area (Å²) in [6, 6.07) is 19.6. The summed E-state index contributed by atoms with van der Waals surface area (Å²) in [5, 5.41) is 0. The van der Waals surface area contributed by atoms with Gasteiger partial charge in [-0.25, -0.2) is 0 Å². The molecule has 3 rings (SSSR count). The van der Waals surface area contributed by atoms with Crippen LogP contribution in [0.25, 0.3) is 11.1 Å². The summed E-state index contributed by atoms with van der Waals surface area (Å²) in [5.74, 6) is 1.20. The van der Waals surface area contributed by atoms with Gasteiger partial charge in [0.2, 0.25) is 0 Å². The summed E-state index contributed by atoms with van der Waals surface area (Å²) in [7, 11) is 0. The first-order valence-electron chi connectivity index (χ1n) is 7.33. The normalized spacial score (nSPS) is 18.9. The molecule has 0 fully saturated rings. The molecule has 2 unspecified atom stereocenters. The van der Waals surface area contributed by atoms with Gasteiger partial charge < -0.3 is 0 Å². The first kappa shape index (κ1) is 12.9. The van der Waals surface area contributed by atoms with E-state index in [0.29, 0.717) is 11.8 Å². The van der Waals surface area contributed by atoms with Gasteiger partial charge in [0.15, 0.2) is 0 Å². The van der Waals surface area contributed by atoms with Crippen molar-refractivity contribution in [3.05, 3.63) is 84.5 Å². The van der Waals surface area contributed by atoms with Crippen LogP contribution in [-0.2, 0) is 0 Å². The van der Waals surface area contributed by atoms with Gasteiger partial charge in [-0.1, -0.05) is 85.8 Å². The van der Waals surface area contributed by atoms with Gasteiger partial charge in [-0.3, -0.25) is 0 Å². The molecule has 0 aliphatic heterocycles. The Balaban J connectivity index is 1.79. The summed E-state index contributed by atoms with van der Waals surface area (Å²) >= 11 is 0. The van der Waals surface area contributed by atoms with Crippen molar-refractivity contribution in [3.8, 4) is 11.1 Å². The van der Waals surface area contributed by atoms with Gasteiger partial charge in [0, 0.05) is 0 Å². The Morgan fingerprint density at radius 3 is 2.20 bits per heavy atom. The molecule has 0 heteroatoms. The highest BCUT2D eigenvalue weighted by molar-refractivity contribution is 5.63. The highest BCUT2D eigenvalue weighted by atomic mass is 14.2. The highest BCUT2D eigenvalue weighted by Gasteiger charge is 2.16. The van der Waals surface area contributed by atoms with Crippen LogP contribution in [-0.4, -0.2) is 0 Å². The third-order valence-corrected chi connectivity index (χ3v) is 4.20. The van der Waals surface area contributed by atoms with E-state index in [1.165, 1.54) is 16.7 Å². The molecule has 0 saturated carbocycles. The average Bonchev–Trinajstić information content (AvgIpc) is 2.56. The summed E-state index contributed by atoms with van der Waals surface area (Å²) < 4.78 is 0. The Kier molecular flexibility index (Phi) is 3.83. The average molecular weight is 260 g/mol. The first-order chi connectivity index (χ1) is 9.84. The van der Waals surface area contributed by atoms with Crippen molar-refractivity contribution in [1.29, 1.82) is 0 Å². The van der Waals surface area contributed by atoms with Crippen LogP contribution in [0.5, 0.6) is 0 Å². The van der Waals surface area contributed by atoms with Gasteiger partial charge in [0.05, 0.1) is 0 Å². The molecule has 20 heavy (non-hydrogen) atoms. The van der Waals surface area contributed by atoms with Crippen molar-refractivity contribution in [1.82, 2.24) is 0 Å². The van der Waals surface area contributed by atoms with Crippen molar-refractivity contribution in [3.63, 3.8) is 0 Å². The number of hydrogen-bond acceptors (Lipinski definition) is 0. The molecule has 0 aromatic heterocycles. The van der Waals surface area contributed by atoms with E-state index in [9.17, 15) is 0 Å². The van der Waals surface area contributed by atoms with E-state index in [0.717, 1.165) is 6.42 Å². The summed E-state index contributed by atoms with van der Waals surface area (Å²) in [4.78, 5) is 0. The summed E-state index contributed by atoms with van der Waals surface area (Å²) in [6.45, 7) is 2.33. The molecule has 0 radical (unpaired) electrons. The molecule has 2 atom stereocenters. The Bertz CT molecular complexity index is 602. The smallest absolute Gasteiger partial charge is 0.0124 e. The second kappa shape index (κ2) is 5.92. The maximum Gasteiger partial charge on any atom is -0.0124 e. The maximum absolute atomic E-state index is 2.33. The second-order valence-electron chi connectivity index (χ2n) is 5.49. The van der Waals surface area contributed by atoms with E-state index in [1.54, 1.807) is 0 Å². The molecule has 0 spiro atoms. The van der Waals surface area contributed by atoms with E-state index in [4.69, 9.17) is 0 Å². The maximum atomic E-state index is 2.33. The monoisotopic (exact) mass is 260 g/mol. The molecule has 1 aliphatic rings. The minimum Gasteiger partial charge on any atom is -0.0839 e. The Morgan fingerprint density at radius 2 is 1.55 bits per heavy atom. The van der Waals surface area contributed by atoms with Gasteiger partial charge in [-0.05, 0) is 34.9 Å². The zero-order chi connectivity index (χ0) is 13.8. The Labute approximate surface area is 121 Å². The number of benzene rings is 2. The zero-order valence-electron chi connectivity index (χ0n) is 11.9. The molecular weight excluding hydrogens is 240 g/mol. The van der Waals surface area contributed by atoms with Crippen LogP contribution in [0, 0.1) is 5.92 Å². The molecule has 2 aromatic rings. The fourth-order valence-electron chi connectivity index (χ4n) is 2.83. The predicted octanol–water partition coefficient (Wildman–Crippen LogP) is 5.59. The second-order valence-corrected chi connectivity index (χ2v) is 5.49. The molecule has 2 aromatic carbocycles. The molecule has 0 saturated heterocycles. The van der Waals surface area contributed by atoms with Gasteiger partial charge in [0.25, 0.3) is 0 Å². The number of rotatable bonds is 3. The lowest BCUT2D eigenvalue weighted by atomic mass is 9.83. The molecule has 0 bridgehead atoms. The van der Waals surface area contributed by atoms with Crippen LogP contribution in [0.2, 0.25) is 0 Å². The quantitative estimate of drug-likeness (QED) is 0.675. The number of allylic oxidation sites excluding steroid dienone is 4. The lowest BCUT2D eigenvalue weighted by Gasteiger charge is -2.22. The van der Waals surface area contributed by atoms with E-state index in [2.05, 4.69) is 85.8 Å². The molecule has 0 N–H and O–H groups in total. The fraction of sp³-hybridized carbons (Fsp3) is 0.200. The highest BCUT2D eigenvalue weighted by Crippen LogP contribution is 2.31. The van der Waals surface area contributed by atoms with E-state index >= 15 is 0 Å². The SMILES string of the molecule is CC(c1ccc(-c2ccccc2)cc1)C1C=CC=CC1. The van der Waals surface area contributed by atoms with Gasteiger partial charge >= 0.3 is 0 Å². The van der Waals surface area contributed by atoms with Crippen LogP contribution in [0.1, 0.15) is 24.8 Å². The van der Waals surface area contributed by atoms with Crippen molar-refractivity contribution >= 4 is 0 Å². The Morgan fingerprint density at radius 1 is 0.850 bits per heavy atom. The van der Waals surface area contributed by atoms with E-state index in [1.807, 2.05) is 0 Å². The van der Waals surface area contributed by atoms with Crippen LogP contribution in [0.3, 0.4) is 0 Å². The molecule has 0 amide bonds. The van der Waals surface area contributed by atoms with Crippen LogP contribution >= 0.6 is 0 Å². The minimum atomic E-state index is 0.570. The van der Waals surface area contributed by atoms with Crippen LogP contribution in [0.4, 0.5) is 0 Å². The van der Waals surface area contributed by atoms with Gasteiger partial charge in [0.1, 0.15) is 0 Å². The summed E-state index contributed by atoms with van der Waals surface area (Å²) in [6.07, 6.45) is 10.1. The molecule has 0 nitrogen and oxygen atoms in total. The lowest BCUT2D eigenvalue weighted by Crippen LogP contribution is -2.08. The Hall–Kier alpha value is -2.08. The van der Waals surface area contributed by atoms with E-state index in [-0.39, 0.29) is 0 Å². The zero-order valence-corrected chi connectivity index (χ0v) is 11.9. The molecule has 0 heterocycles. The first-order valence-corrected chi connectivity index (χ1v) is 7.33. The third kappa shape index (κ3) is 2.75. The van der Waals surface area contributed by atoms with Crippen molar-refractivity contribution in [2.45, 2.75) is 19.3 Å². The molecule has 1 aliphatic carbocycles. The van der Waals surface area contributed by atoms with Gasteiger partial charge in [-0.15, -0.1) is 0 Å². The van der Waals surface area contributed by atoms with Crippen molar-refractivity contribution in [2.75, 3.05) is 0 Å². The fourth-order valence-corrected chi connectivity index (χ4v) is 2.83. The van der Waals surface area contributed by atoms with E-state index < -0.39 is 0 Å². The molecular formula is C20H20. The number of hydrogen-bond donors (Lipinski definition) is 0. The largest absolute Gasteiger partial charge is 0.0839 e. The molecule has 100 valence electrons. The standard InChI is InChI=1S/C20H20/c1-16(17-8-4-2-5-9-17)18-12-14-20(15-13-18)19-10-6-3-7-11-19/h2-8,10-17H,9H2,1H3. The van der Waals surface area contributed by atoms with Crippen molar-refractivity contribution < 1.29 is 0 Å². The van der Waals surface area contributed by atoms with Gasteiger partial charge in [-0.2, -0.15) is 0 Å². The predicted molar refractivity (Wildman–Crippen MR) is 86.7 cm³/mol. The topological polar surface area (TPSA) is 0 Å². The summed E-state index contributed by atoms with van der Waals surface area (Å²) in [5.41, 5.74) is 4.00. The third-order valence-electron chi connectivity index (χ3n) is 4.20. The van der Waals surface area contributed by atoms with Crippen LogP contribution < -0.4 is 0 Å². The lowest BCUT2D eigenvalue weighted by molar-refractivity contribution is 0.544. The van der Waals surface area contributed by atoms with Crippen molar-refractivity contribution in [2.24, 2.45) is 5.92 Å². The minimum absolute atomic E-state index is 0.570.